The summed E-state index contributed by atoms with van der Waals surface area (Å²) in [6.45, 7) is 1.45. The van der Waals surface area contributed by atoms with Crippen molar-refractivity contribution in [3.05, 3.63) is 65.7 Å². The fourth-order valence-corrected chi connectivity index (χ4v) is 7.55. The van der Waals surface area contributed by atoms with Gasteiger partial charge in [-0.15, -0.1) is 0 Å². The predicted molar refractivity (Wildman–Crippen MR) is 128 cm³/mol. The number of carboxylic acids is 1. The van der Waals surface area contributed by atoms with Crippen LogP contribution in [0.3, 0.4) is 0 Å². The van der Waals surface area contributed by atoms with Crippen molar-refractivity contribution in [2.45, 2.75) is 50.9 Å². The van der Waals surface area contributed by atoms with Gasteiger partial charge in [0.25, 0.3) is 0 Å². The van der Waals surface area contributed by atoms with Gasteiger partial charge in [0.2, 0.25) is 0 Å². The van der Waals surface area contributed by atoms with Crippen molar-refractivity contribution in [3.63, 3.8) is 0 Å². The van der Waals surface area contributed by atoms with Gasteiger partial charge >= 0.3 is 11.9 Å². The zero-order chi connectivity index (χ0) is 22.7. The van der Waals surface area contributed by atoms with Crippen LogP contribution in [0.2, 0.25) is 0 Å². The number of benzene rings is 3. The van der Waals surface area contributed by atoms with Crippen LogP contribution in [0.1, 0.15) is 61.4 Å². The molecular formula is C29H28O4. The Kier molecular flexibility index (Phi) is 4.62. The van der Waals surface area contributed by atoms with E-state index in [2.05, 4.69) is 6.07 Å². The molecule has 7 rings (SSSR count). The highest BCUT2D eigenvalue weighted by atomic mass is 16.5. The highest BCUT2D eigenvalue weighted by molar-refractivity contribution is 6.07. The number of rotatable bonds is 4. The van der Waals surface area contributed by atoms with Crippen molar-refractivity contribution in [2.75, 3.05) is 0 Å². The number of ether oxygens (including phenoxy) is 1. The zero-order valence-electron chi connectivity index (χ0n) is 18.8. The SMILES string of the molecule is CC(=O)Oc1ccc(-c2c(C(=O)O)ccc3ccccc23)cc1C12CC3CC(CC(C3)C1)C2. The van der Waals surface area contributed by atoms with E-state index in [1.165, 1.54) is 26.2 Å². The standard InChI is InChI=1S/C29H28O4/c1-17(30)33-26-9-7-22(27-23-5-3-2-4-21(23)6-8-24(27)28(31)32)13-25(26)29-14-18-10-19(15-29)12-20(11-18)16-29/h2-9,13,18-20H,10-12,14-16H2,1H3,(H,31,32). The molecule has 33 heavy (non-hydrogen) atoms. The van der Waals surface area contributed by atoms with Gasteiger partial charge in [-0.25, -0.2) is 4.79 Å². The summed E-state index contributed by atoms with van der Waals surface area (Å²) in [7, 11) is 0. The van der Waals surface area contributed by atoms with Crippen molar-refractivity contribution in [1.29, 1.82) is 0 Å². The third-order valence-corrected chi connectivity index (χ3v) is 8.29. The lowest BCUT2D eigenvalue weighted by molar-refractivity contribution is -0.132. The highest BCUT2D eigenvalue weighted by Gasteiger charge is 2.52. The van der Waals surface area contributed by atoms with Gasteiger partial charge in [-0.05, 0) is 96.2 Å². The Hall–Kier alpha value is -3.14. The van der Waals surface area contributed by atoms with Gasteiger partial charge in [-0.2, -0.15) is 0 Å². The maximum absolute atomic E-state index is 12.2. The van der Waals surface area contributed by atoms with E-state index in [1.54, 1.807) is 6.07 Å². The van der Waals surface area contributed by atoms with Crippen LogP contribution in [-0.4, -0.2) is 17.0 Å². The number of aromatic carboxylic acids is 1. The van der Waals surface area contributed by atoms with Crippen LogP contribution in [-0.2, 0) is 10.2 Å². The van der Waals surface area contributed by atoms with Gasteiger partial charge in [0.15, 0.2) is 0 Å². The summed E-state index contributed by atoms with van der Waals surface area (Å²) in [5.41, 5.74) is 3.03. The van der Waals surface area contributed by atoms with E-state index < -0.39 is 5.97 Å². The van der Waals surface area contributed by atoms with Gasteiger partial charge in [0.1, 0.15) is 5.75 Å². The van der Waals surface area contributed by atoms with E-state index >= 15 is 0 Å². The molecule has 0 radical (unpaired) electrons. The molecule has 1 N–H and O–H groups in total. The van der Waals surface area contributed by atoms with Gasteiger partial charge in [-0.1, -0.05) is 36.4 Å². The summed E-state index contributed by atoms with van der Waals surface area (Å²) in [6.07, 6.45) is 7.39. The molecule has 0 amide bonds. The van der Waals surface area contributed by atoms with E-state index in [9.17, 15) is 14.7 Å². The monoisotopic (exact) mass is 440 g/mol. The molecule has 3 aromatic rings. The van der Waals surface area contributed by atoms with Crippen molar-refractivity contribution in [2.24, 2.45) is 17.8 Å². The first-order valence-electron chi connectivity index (χ1n) is 12.0. The molecule has 4 saturated carbocycles. The van der Waals surface area contributed by atoms with Crippen molar-refractivity contribution in [3.8, 4) is 16.9 Å². The first-order valence-corrected chi connectivity index (χ1v) is 12.0. The fraction of sp³-hybridized carbons (Fsp3) is 0.379. The van der Waals surface area contributed by atoms with Crippen LogP contribution in [0.5, 0.6) is 5.75 Å². The molecule has 3 aromatic carbocycles. The largest absolute Gasteiger partial charge is 0.478 e. The summed E-state index contributed by atoms with van der Waals surface area (Å²) in [6, 6.07) is 17.4. The molecule has 0 heterocycles. The van der Waals surface area contributed by atoms with Crippen LogP contribution in [0.15, 0.2) is 54.6 Å². The first kappa shape index (κ1) is 20.5. The van der Waals surface area contributed by atoms with Gasteiger partial charge < -0.3 is 9.84 Å². The molecular weight excluding hydrogens is 412 g/mol. The predicted octanol–water partition coefficient (Wildman–Crippen LogP) is 6.60. The normalized spacial score (nSPS) is 27.6. The van der Waals surface area contributed by atoms with Gasteiger partial charge in [0, 0.05) is 18.1 Å². The average Bonchev–Trinajstić information content (AvgIpc) is 2.77. The van der Waals surface area contributed by atoms with Crippen LogP contribution >= 0.6 is 0 Å². The first-order chi connectivity index (χ1) is 15.9. The number of hydrogen-bond acceptors (Lipinski definition) is 3. The number of fused-ring (bicyclic) bond motifs is 1. The van der Waals surface area contributed by atoms with E-state index in [0.29, 0.717) is 11.3 Å². The van der Waals surface area contributed by atoms with E-state index in [1.807, 2.05) is 42.5 Å². The second kappa shape index (κ2) is 7.44. The molecule has 4 nitrogen and oxygen atoms in total. The molecule has 0 atom stereocenters. The van der Waals surface area contributed by atoms with E-state index in [-0.39, 0.29) is 11.4 Å². The van der Waals surface area contributed by atoms with Crippen LogP contribution in [0.25, 0.3) is 21.9 Å². The van der Waals surface area contributed by atoms with E-state index in [0.717, 1.165) is 64.5 Å². The quantitative estimate of drug-likeness (QED) is 0.367. The number of carboxylic acid groups (broad SMARTS) is 1. The second-order valence-electron chi connectivity index (χ2n) is 10.5. The average molecular weight is 441 g/mol. The Morgan fingerprint density at radius 3 is 2.21 bits per heavy atom. The maximum atomic E-state index is 12.2. The minimum Gasteiger partial charge on any atom is -0.478 e. The Labute approximate surface area is 193 Å². The summed E-state index contributed by atoms with van der Waals surface area (Å²) >= 11 is 0. The molecule has 4 bridgehead atoms. The molecule has 0 unspecified atom stereocenters. The van der Waals surface area contributed by atoms with E-state index in [4.69, 9.17) is 4.74 Å². The van der Waals surface area contributed by atoms with Crippen molar-refractivity contribution < 1.29 is 19.4 Å². The molecule has 4 heteroatoms. The summed E-state index contributed by atoms with van der Waals surface area (Å²) < 4.78 is 5.74. The summed E-state index contributed by atoms with van der Waals surface area (Å²) in [5, 5.41) is 11.9. The van der Waals surface area contributed by atoms with Crippen LogP contribution < -0.4 is 4.74 Å². The molecule has 4 aliphatic rings. The molecule has 4 fully saturated rings. The Morgan fingerprint density at radius 1 is 0.909 bits per heavy atom. The summed E-state index contributed by atoms with van der Waals surface area (Å²) in [5.74, 6) is 1.64. The Balaban J connectivity index is 1.57. The molecule has 0 saturated heterocycles. The smallest absolute Gasteiger partial charge is 0.336 e. The zero-order valence-corrected chi connectivity index (χ0v) is 18.8. The van der Waals surface area contributed by atoms with Gasteiger partial charge in [0.05, 0.1) is 5.56 Å². The maximum Gasteiger partial charge on any atom is 0.336 e. The molecule has 4 aliphatic carbocycles. The molecule has 0 aliphatic heterocycles. The van der Waals surface area contributed by atoms with Gasteiger partial charge in [-0.3, -0.25) is 4.79 Å². The topological polar surface area (TPSA) is 63.6 Å². The Bertz CT molecular complexity index is 1250. The lowest BCUT2D eigenvalue weighted by atomic mass is 9.48. The number of esters is 1. The van der Waals surface area contributed by atoms with Crippen molar-refractivity contribution >= 4 is 22.7 Å². The lowest BCUT2D eigenvalue weighted by Gasteiger charge is -2.57. The number of carbonyl (C=O) groups is 2. The van der Waals surface area contributed by atoms with Crippen molar-refractivity contribution in [1.82, 2.24) is 0 Å². The Morgan fingerprint density at radius 2 is 1.58 bits per heavy atom. The highest BCUT2D eigenvalue weighted by Crippen LogP contribution is 2.62. The minimum atomic E-state index is -0.934. The fourth-order valence-electron chi connectivity index (χ4n) is 7.55. The summed E-state index contributed by atoms with van der Waals surface area (Å²) in [4.78, 5) is 24.2. The van der Waals surface area contributed by atoms with Crippen LogP contribution in [0, 0.1) is 17.8 Å². The molecule has 0 aromatic heterocycles. The lowest BCUT2D eigenvalue weighted by Crippen LogP contribution is -2.48. The second-order valence-corrected chi connectivity index (χ2v) is 10.5. The number of carbonyl (C=O) groups excluding carboxylic acids is 1. The number of hydrogen-bond donors (Lipinski definition) is 1. The molecule has 0 spiro atoms. The third-order valence-electron chi connectivity index (χ3n) is 8.29. The molecule has 168 valence electrons. The van der Waals surface area contributed by atoms with Crippen LogP contribution in [0.4, 0.5) is 0 Å². The third kappa shape index (κ3) is 3.35. The minimum absolute atomic E-state index is 0.0174.